The number of thiophene rings is 1. The zero-order valence-electron chi connectivity index (χ0n) is 21.0. The van der Waals surface area contributed by atoms with Crippen molar-refractivity contribution < 1.29 is 0 Å². The van der Waals surface area contributed by atoms with Crippen LogP contribution in [-0.2, 0) is 0 Å². The van der Waals surface area contributed by atoms with E-state index in [1.165, 1.54) is 53.8 Å². The van der Waals surface area contributed by atoms with Crippen LogP contribution in [-0.4, -0.2) is 6.04 Å². The fourth-order valence-corrected chi connectivity index (χ4v) is 6.80. The molecule has 0 saturated heterocycles. The number of fused-ring (bicyclic) bond motifs is 3. The van der Waals surface area contributed by atoms with Crippen LogP contribution in [0.1, 0.15) is 12.0 Å². The first-order valence-corrected chi connectivity index (χ1v) is 14.0. The topological polar surface area (TPSA) is 3.24 Å². The lowest BCUT2D eigenvalue weighted by Crippen LogP contribution is -2.30. The molecule has 38 heavy (non-hydrogen) atoms. The van der Waals surface area contributed by atoms with Crippen LogP contribution in [0.3, 0.4) is 0 Å². The third-order valence-electron chi connectivity index (χ3n) is 7.38. The number of hydrogen-bond donors (Lipinski definition) is 0. The van der Waals surface area contributed by atoms with Crippen molar-refractivity contribution in [1.82, 2.24) is 0 Å². The highest BCUT2D eigenvalue weighted by Crippen LogP contribution is 2.41. The van der Waals surface area contributed by atoms with Crippen LogP contribution in [0.5, 0.6) is 0 Å². The smallest absolute Gasteiger partial charge is 0.0565 e. The minimum absolute atomic E-state index is 0.231. The van der Waals surface area contributed by atoms with Gasteiger partial charge in [-0.15, -0.1) is 11.3 Å². The maximum atomic E-state index is 2.47. The van der Waals surface area contributed by atoms with E-state index in [1.807, 2.05) is 11.3 Å². The largest absolute Gasteiger partial charge is 0.334 e. The van der Waals surface area contributed by atoms with E-state index in [2.05, 4.69) is 151 Å². The summed E-state index contributed by atoms with van der Waals surface area (Å²) >= 11 is 1.89. The summed E-state index contributed by atoms with van der Waals surface area (Å²) in [7, 11) is 0. The van der Waals surface area contributed by atoms with E-state index in [0.29, 0.717) is 0 Å². The molecular formula is C36H27NS. The Morgan fingerprint density at radius 1 is 0.579 bits per heavy atom. The van der Waals surface area contributed by atoms with Crippen LogP contribution >= 0.6 is 11.3 Å². The van der Waals surface area contributed by atoms with E-state index < -0.39 is 0 Å². The molecule has 5 aromatic carbocycles. The molecule has 0 radical (unpaired) electrons. The summed E-state index contributed by atoms with van der Waals surface area (Å²) < 4.78 is 2.70. The van der Waals surface area contributed by atoms with Gasteiger partial charge in [0.05, 0.1) is 6.04 Å². The quantitative estimate of drug-likeness (QED) is 0.225. The molecule has 1 nitrogen and oxygen atoms in total. The second-order valence-corrected chi connectivity index (χ2v) is 10.8. The van der Waals surface area contributed by atoms with Crippen LogP contribution in [0.15, 0.2) is 146 Å². The van der Waals surface area contributed by atoms with Crippen LogP contribution in [0, 0.1) is 0 Å². The molecular weight excluding hydrogens is 478 g/mol. The molecule has 1 atom stereocenters. The van der Waals surface area contributed by atoms with Crippen molar-refractivity contribution in [1.29, 1.82) is 0 Å². The van der Waals surface area contributed by atoms with Crippen molar-refractivity contribution in [3.8, 4) is 11.1 Å². The van der Waals surface area contributed by atoms with E-state index in [-0.39, 0.29) is 6.04 Å². The van der Waals surface area contributed by atoms with Gasteiger partial charge in [-0.05, 0) is 59.0 Å². The van der Waals surface area contributed by atoms with Gasteiger partial charge in [0.25, 0.3) is 0 Å². The van der Waals surface area contributed by atoms with Gasteiger partial charge < -0.3 is 4.90 Å². The summed E-state index contributed by atoms with van der Waals surface area (Å²) in [5.41, 5.74) is 7.49. The molecule has 0 N–H and O–H groups in total. The minimum Gasteiger partial charge on any atom is -0.334 e. The first-order valence-electron chi connectivity index (χ1n) is 13.1. The number of benzene rings is 5. The van der Waals surface area contributed by atoms with Gasteiger partial charge in [0.2, 0.25) is 0 Å². The first-order chi connectivity index (χ1) is 18.8. The fourth-order valence-electron chi connectivity index (χ4n) is 5.57. The van der Waals surface area contributed by atoms with Crippen molar-refractivity contribution in [2.45, 2.75) is 12.5 Å². The molecule has 7 rings (SSSR count). The molecule has 6 aromatic rings. The summed E-state index contributed by atoms with van der Waals surface area (Å²) in [5.74, 6) is 0. The molecule has 1 aromatic heterocycles. The number of nitrogens with zero attached hydrogens (tertiary/aromatic N) is 1. The second-order valence-electron chi connectivity index (χ2n) is 9.73. The predicted molar refractivity (Wildman–Crippen MR) is 165 cm³/mol. The molecule has 2 heteroatoms. The summed E-state index contributed by atoms with van der Waals surface area (Å²) in [6.45, 7) is 0. The minimum atomic E-state index is 0.231. The second kappa shape index (κ2) is 9.81. The van der Waals surface area contributed by atoms with Gasteiger partial charge in [0.15, 0.2) is 0 Å². The molecule has 182 valence electrons. The van der Waals surface area contributed by atoms with Crippen LogP contribution in [0.25, 0.3) is 36.9 Å². The lowest BCUT2D eigenvalue weighted by molar-refractivity contribution is 0.788. The Bertz CT molecular complexity index is 1780. The van der Waals surface area contributed by atoms with Gasteiger partial charge in [0, 0.05) is 31.5 Å². The normalized spacial score (nSPS) is 15.1. The molecule has 0 aliphatic heterocycles. The Hall–Kier alpha value is -4.40. The van der Waals surface area contributed by atoms with E-state index in [4.69, 9.17) is 0 Å². The zero-order chi connectivity index (χ0) is 25.3. The molecule has 0 spiro atoms. The highest BCUT2D eigenvalue weighted by molar-refractivity contribution is 7.26. The van der Waals surface area contributed by atoms with Crippen molar-refractivity contribution in [2.75, 3.05) is 4.90 Å². The van der Waals surface area contributed by atoms with E-state index in [0.717, 1.165) is 6.42 Å². The number of anilines is 2. The van der Waals surface area contributed by atoms with Crippen LogP contribution in [0.4, 0.5) is 11.4 Å². The third-order valence-corrected chi connectivity index (χ3v) is 8.60. The Kier molecular flexibility index (Phi) is 5.88. The molecule has 0 saturated carbocycles. The lowest BCUT2D eigenvalue weighted by atomic mass is 9.95. The molecule has 1 aliphatic rings. The maximum absolute atomic E-state index is 2.47. The first kappa shape index (κ1) is 22.8. The average Bonchev–Trinajstić information content (AvgIpc) is 3.38. The lowest BCUT2D eigenvalue weighted by Gasteiger charge is -2.33. The fraction of sp³-hybridized carbons (Fsp3) is 0.0556. The van der Waals surface area contributed by atoms with E-state index in [1.54, 1.807) is 0 Å². The Morgan fingerprint density at radius 2 is 1.26 bits per heavy atom. The molecule has 0 amide bonds. The van der Waals surface area contributed by atoms with Gasteiger partial charge in [-0.2, -0.15) is 0 Å². The zero-order valence-corrected chi connectivity index (χ0v) is 21.8. The van der Waals surface area contributed by atoms with Gasteiger partial charge in [-0.3, -0.25) is 0 Å². The van der Waals surface area contributed by atoms with E-state index in [9.17, 15) is 0 Å². The summed E-state index contributed by atoms with van der Waals surface area (Å²) in [4.78, 5) is 2.47. The summed E-state index contributed by atoms with van der Waals surface area (Å²) in [6.07, 6.45) is 7.94. The molecule has 1 unspecified atom stereocenters. The maximum Gasteiger partial charge on any atom is 0.0565 e. The van der Waals surface area contributed by atoms with Crippen molar-refractivity contribution in [3.05, 3.63) is 151 Å². The van der Waals surface area contributed by atoms with E-state index >= 15 is 0 Å². The summed E-state index contributed by atoms with van der Waals surface area (Å²) in [5, 5.41) is 2.68. The Labute approximate surface area is 227 Å². The standard InChI is InChI=1S/C36H27NS/c1-3-11-26(12-4-1)28-13-9-16-31(25-28)37(29-14-5-2-6-15-29)30-23-21-27(22-24-30)32-18-10-19-34-33-17-7-8-20-35(33)38-36(32)34/h1-15,17-25,31H,16H2. The Balaban J connectivity index is 1.29. The number of allylic oxidation sites excluding steroid dienone is 2. The highest BCUT2D eigenvalue weighted by atomic mass is 32.1. The summed E-state index contributed by atoms with van der Waals surface area (Å²) in [6, 6.07) is 46.2. The monoisotopic (exact) mass is 505 g/mol. The highest BCUT2D eigenvalue weighted by Gasteiger charge is 2.21. The number of rotatable bonds is 5. The van der Waals surface area contributed by atoms with Crippen LogP contribution < -0.4 is 4.90 Å². The van der Waals surface area contributed by atoms with Crippen LogP contribution in [0.2, 0.25) is 0 Å². The van der Waals surface area contributed by atoms with Gasteiger partial charge >= 0.3 is 0 Å². The number of hydrogen-bond acceptors (Lipinski definition) is 2. The van der Waals surface area contributed by atoms with Crippen molar-refractivity contribution >= 4 is 48.5 Å². The van der Waals surface area contributed by atoms with Gasteiger partial charge in [-0.25, -0.2) is 0 Å². The number of para-hydroxylation sites is 1. The van der Waals surface area contributed by atoms with Gasteiger partial charge in [0.1, 0.15) is 0 Å². The molecule has 1 heterocycles. The molecule has 0 fully saturated rings. The molecule has 1 aliphatic carbocycles. The predicted octanol–water partition coefficient (Wildman–Crippen LogP) is 10.3. The molecule has 0 bridgehead atoms. The average molecular weight is 506 g/mol. The SMILES string of the molecule is C1=CC(c2ccccc2)=CC(N(c2ccccc2)c2ccc(-c3cccc4c3sc3ccccc34)cc2)C1. The van der Waals surface area contributed by atoms with Gasteiger partial charge in [-0.1, -0.05) is 115 Å². The van der Waals surface area contributed by atoms with Crippen molar-refractivity contribution in [2.24, 2.45) is 0 Å². The van der Waals surface area contributed by atoms with Crippen molar-refractivity contribution in [3.63, 3.8) is 0 Å². The Morgan fingerprint density at radius 3 is 2.08 bits per heavy atom. The third kappa shape index (κ3) is 4.13.